The molecule has 0 unspecified atom stereocenters. The number of carbonyl (C=O) groups excluding carboxylic acids is 2. The lowest BCUT2D eigenvalue weighted by atomic mass is 9.87. The van der Waals surface area contributed by atoms with Crippen LogP contribution in [0.15, 0.2) is 6.07 Å². The Labute approximate surface area is 165 Å². The normalized spacial score (nSPS) is 24.1. The van der Waals surface area contributed by atoms with Crippen LogP contribution in [0, 0.1) is 5.92 Å². The summed E-state index contributed by atoms with van der Waals surface area (Å²) in [6, 6.07) is 2.41. The van der Waals surface area contributed by atoms with Crippen LogP contribution in [-0.4, -0.2) is 49.1 Å². The molecule has 5 nitrogen and oxygen atoms in total. The Balaban J connectivity index is 1.37. The quantitative estimate of drug-likeness (QED) is 0.807. The number of fused-ring (bicyclic) bond motifs is 1. The Morgan fingerprint density at radius 3 is 2.56 bits per heavy atom. The van der Waals surface area contributed by atoms with Crippen molar-refractivity contribution < 1.29 is 14.3 Å². The Morgan fingerprint density at radius 1 is 1.07 bits per heavy atom. The van der Waals surface area contributed by atoms with E-state index in [1.165, 1.54) is 36.1 Å². The first-order valence-electron chi connectivity index (χ1n) is 10.5. The first-order valence-corrected chi connectivity index (χ1v) is 11.3. The van der Waals surface area contributed by atoms with E-state index >= 15 is 0 Å². The molecule has 0 bridgehead atoms. The summed E-state index contributed by atoms with van der Waals surface area (Å²) < 4.78 is 5.34. The van der Waals surface area contributed by atoms with Crippen molar-refractivity contribution in [3.05, 3.63) is 21.4 Å². The van der Waals surface area contributed by atoms with Crippen LogP contribution in [0.25, 0.3) is 0 Å². The van der Waals surface area contributed by atoms with E-state index in [2.05, 4.69) is 5.32 Å². The van der Waals surface area contributed by atoms with Crippen molar-refractivity contribution in [3.8, 4) is 0 Å². The van der Waals surface area contributed by atoms with E-state index in [1.54, 1.807) is 11.3 Å². The van der Waals surface area contributed by atoms with Crippen LogP contribution in [0.1, 0.15) is 65.1 Å². The molecule has 2 fully saturated rings. The molecule has 1 N–H and O–H groups in total. The summed E-state index contributed by atoms with van der Waals surface area (Å²) in [4.78, 5) is 29.5. The number of hydrogen-bond donors (Lipinski definition) is 1. The molecule has 1 aromatic heterocycles. The van der Waals surface area contributed by atoms with Gasteiger partial charge >= 0.3 is 0 Å². The zero-order valence-corrected chi connectivity index (χ0v) is 16.8. The zero-order valence-electron chi connectivity index (χ0n) is 16.0. The molecule has 1 aromatic rings. The van der Waals surface area contributed by atoms with Crippen molar-refractivity contribution in [1.82, 2.24) is 10.2 Å². The molecule has 0 spiro atoms. The molecule has 1 saturated heterocycles. The fourth-order valence-electron chi connectivity index (χ4n) is 4.52. The van der Waals surface area contributed by atoms with Crippen LogP contribution in [-0.2, 0) is 22.4 Å². The average Bonchev–Trinajstić information content (AvgIpc) is 2.97. The number of amides is 2. The summed E-state index contributed by atoms with van der Waals surface area (Å²) in [6.45, 7) is 2.60. The topological polar surface area (TPSA) is 58.6 Å². The molecule has 1 aliphatic heterocycles. The fourth-order valence-corrected chi connectivity index (χ4v) is 5.69. The minimum Gasteiger partial charge on any atom is -0.378 e. The van der Waals surface area contributed by atoms with E-state index < -0.39 is 0 Å². The van der Waals surface area contributed by atoms with Crippen molar-refractivity contribution in [2.75, 3.05) is 26.3 Å². The molecule has 27 heavy (non-hydrogen) atoms. The number of nitrogens with zero attached hydrogens (tertiary/aromatic N) is 1. The largest absolute Gasteiger partial charge is 0.378 e. The minimum absolute atomic E-state index is 0.0571. The average molecular weight is 391 g/mol. The third-order valence-electron chi connectivity index (χ3n) is 6.16. The Morgan fingerprint density at radius 2 is 1.81 bits per heavy atom. The maximum absolute atomic E-state index is 12.8. The molecular formula is C21H30N2O3S. The smallest absolute Gasteiger partial charge is 0.264 e. The third kappa shape index (κ3) is 4.54. The molecule has 2 amide bonds. The van der Waals surface area contributed by atoms with Gasteiger partial charge in [-0.3, -0.25) is 9.59 Å². The van der Waals surface area contributed by atoms with Crippen LogP contribution < -0.4 is 5.32 Å². The van der Waals surface area contributed by atoms with Gasteiger partial charge in [0.25, 0.3) is 5.91 Å². The first kappa shape index (κ1) is 18.9. The van der Waals surface area contributed by atoms with Gasteiger partial charge in [0.1, 0.15) is 0 Å². The molecule has 1 atom stereocenters. The number of ether oxygens (including phenoxy) is 1. The van der Waals surface area contributed by atoms with Gasteiger partial charge in [-0.25, -0.2) is 0 Å². The molecule has 2 aliphatic carbocycles. The molecule has 2 heterocycles. The molecule has 0 aromatic carbocycles. The first-order chi connectivity index (χ1) is 13.2. The lowest BCUT2D eigenvalue weighted by molar-refractivity contribution is -0.126. The van der Waals surface area contributed by atoms with Gasteiger partial charge in [-0.2, -0.15) is 0 Å². The molecular weight excluding hydrogens is 360 g/mol. The highest BCUT2D eigenvalue weighted by Crippen LogP contribution is 2.33. The van der Waals surface area contributed by atoms with E-state index in [1.807, 2.05) is 11.0 Å². The van der Waals surface area contributed by atoms with E-state index in [-0.39, 0.29) is 17.7 Å². The summed E-state index contributed by atoms with van der Waals surface area (Å²) in [7, 11) is 0. The van der Waals surface area contributed by atoms with Crippen molar-refractivity contribution in [3.63, 3.8) is 0 Å². The van der Waals surface area contributed by atoms with Crippen LogP contribution in [0.4, 0.5) is 0 Å². The summed E-state index contributed by atoms with van der Waals surface area (Å²) in [5, 5.41) is 3.32. The minimum atomic E-state index is 0.0571. The molecule has 6 heteroatoms. The van der Waals surface area contributed by atoms with Gasteiger partial charge in [-0.15, -0.1) is 11.3 Å². The van der Waals surface area contributed by atoms with Gasteiger partial charge in [0, 0.05) is 29.9 Å². The predicted molar refractivity (Wildman–Crippen MR) is 106 cm³/mol. The number of thiophene rings is 1. The van der Waals surface area contributed by atoms with Gasteiger partial charge in [-0.05, 0) is 43.7 Å². The summed E-state index contributed by atoms with van der Waals surface area (Å²) in [5.74, 6) is 0.402. The number of aryl methyl sites for hydroxylation is 1. The highest BCUT2D eigenvalue weighted by molar-refractivity contribution is 7.14. The second-order valence-corrected chi connectivity index (χ2v) is 9.24. The third-order valence-corrected chi connectivity index (χ3v) is 7.39. The molecule has 4 rings (SSSR count). The molecule has 3 aliphatic rings. The number of rotatable bonds is 3. The van der Waals surface area contributed by atoms with Gasteiger partial charge in [-0.1, -0.05) is 25.7 Å². The summed E-state index contributed by atoms with van der Waals surface area (Å²) >= 11 is 1.63. The lowest BCUT2D eigenvalue weighted by Gasteiger charge is -2.26. The fraction of sp³-hybridized carbons (Fsp3) is 0.714. The van der Waals surface area contributed by atoms with Crippen LogP contribution in [0.5, 0.6) is 0 Å². The summed E-state index contributed by atoms with van der Waals surface area (Å²) in [6.07, 6.45) is 9.91. The maximum atomic E-state index is 12.8. The van der Waals surface area contributed by atoms with Gasteiger partial charge < -0.3 is 15.0 Å². The van der Waals surface area contributed by atoms with E-state index in [9.17, 15) is 9.59 Å². The number of nitrogens with one attached hydrogen (secondary N) is 1. The van der Waals surface area contributed by atoms with Crippen molar-refractivity contribution >= 4 is 23.2 Å². The Kier molecular flexibility index (Phi) is 6.13. The monoisotopic (exact) mass is 390 g/mol. The van der Waals surface area contributed by atoms with Crippen LogP contribution in [0.2, 0.25) is 0 Å². The van der Waals surface area contributed by atoms with E-state index in [0.717, 1.165) is 37.0 Å². The van der Waals surface area contributed by atoms with Crippen LogP contribution in [0.3, 0.4) is 0 Å². The second kappa shape index (κ2) is 8.74. The Bertz CT molecular complexity index is 673. The highest BCUT2D eigenvalue weighted by atomic mass is 32.1. The highest BCUT2D eigenvalue weighted by Gasteiger charge is 2.30. The van der Waals surface area contributed by atoms with Crippen molar-refractivity contribution in [2.24, 2.45) is 5.92 Å². The van der Waals surface area contributed by atoms with Gasteiger partial charge in [0.2, 0.25) is 5.91 Å². The zero-order chi connectivity index (χ0) is 18.6. The standard InChI is InChI=1S/C21H30N2O3S/c24-20(22-17-5-3-1-2-4-6-17)15-7-8-18-16(13-15)14-19(27-18)21(25)23-9-11-26-12-10-23/h14-15,17H,1-13H2,(H,22,24)/t15-/m0/s1. The lowest BCUT2D eigenvalue weighted by Crippen LogP contribution is -2.40. The second-order valence-electron chi connectivity index (χ2n) is 8.10. The van der Waals surface area contributed by atoms with Crippen molar-refractivity contribution in [1.29, 1.82) is 0 Å². The summed E-state index contributed by atoms with van der Waals surface area (Å²) in [5.41, 5.74) is 1.21. The SMILES string of the molecule is O=C(NC1CCCCCC1)[C@H]1CCc2sc(C(=O)N3CCOCC3)cc2C1. The van der Waals surface area contributed by atoms with Gasteiger partial charge in [0.15, 0.2) is 0 Å². The molecule has 1 saturated carbocycles. The number of carbonyl (C=O) groups is 2. The molecule has 148 valence electrons. The van der Waals surface area contributed by atoms with E-state index in [4.69, 9.17) is 4.74 Å². The Hall–Kier alpha value is -1.40. The van der Waals surface area contributed by atoms with Crippen LogP contribution >= 0.6 is 11.3 Å². The van der Waals surface area contributed by atoms with Crippen molar-refractivity contribution in [2.45, 2.75) is 63.8 Å². The predicted octanol–water partition coefficient (Wildman–Crippen LogP) is 3.16. The number of hydrogen-bond acceptors (Lipinski definition) is 4. The van der Waals surface area contributed by atoms with E-state index in [0.29, 0.717) is 32.3 Å². The van der Waals surface area contributed by atoms with Gasteiger partial charge in [0.05, 0.1) is 18.1 Å². The molecule has 0 radical (unpaired) electrons. The number of morpholine rings is 1. The maximum Gasteiger partial charge on any atom is 0.264 e.